The maximum absolute atomic E-state index is 13.1. The SMILES string of the molecule is CC[C@@H](N)C(=O)Nc1cc(OC)ccc1NC(=O)[C@@H]1C[C@H](C)CC[C@H]1C(C)C. The summed E-state index contributed by atoms with van der Waals surface area (Å²) in [6, 6.07) is 4.65. The number of benzene rings is 1. The summed E-state index contributed by atoms with van der Waals surface area (Å²) in [7, 11) is 1.56. The van der Waals surface area contributed by atoms with Crippen molar-refractivity contribution >= 4 is 23.2 Å². The van der Waals surface area contributed by atoms with Gasteiger partial charge in [0.05, 0.1) is 24.5 Å². The van der Waals surface area contributed by atoms with E-state index >= 15 is 0 Å². The number of carbonyl (C=O) groups is 2. The molecule has 1 aromatic carbocycles. The van der Waals surface area contributed by atoms with E-state index in [-0.39, 0.29) is 17.7 Å². The van der Waals surface area contributed by atoms with Gasteiger partial charge in [0.1, 0.15) is 5.75 Å². The molecular formula is C22H35N3O3. The van der Waals surface area contributed by atoms with Gasteiger partial charge in [-0.2, -0.15) is 0 Å². The molecule has 156 valence electrons. The third-order valence-electron chi connectivity index (χ3n) is 5.88. The molecule has 6 nitrogen and oxygen atoms in total. The average Bonchev–Trinajstić information content (AvgIpc) is 2.67. The third-order valence-corrected chi connectivity index (χ3v) is 5.88. The van der Waals surface area contributed by atoms with E-state index in [0.717, 1.165) is 12.8 Å². The highest BCUT2D eigenvalue weighted by Crippen LogP contribution is 2.39. The third kappa shape index (κ3) is 5.47. The van der Waals surface area contributed by atoms with Gasteiger partial charge in [-0.15, -0.1) is 0 Å². The number of nitrogens with two attached hydrogens (primary N) is 1. The second-order valence-corrected chi connectivity index (χ2v) is 8.34. The van der Waals surface area contributed by atoms with Crippen LogP contribution in [0.1, 0.15) is 53.4 Å². The topological polar surface area (TPSA) is 93.5 Å². The highest BCUT2D eigenvalue weighted by Gasteiger charge is 2.35. The first-order valence-electron chi connectivity index (χ1n) is 10.3. The number of ether oxygens (including phenoxy) is 1. The smallest absolute Gasteiger partial charge is 0.241 e. The normalized spacial score (nSPS) is 23.2. The first-order chi connectivity index (χ1) is 13.3. The van der Waals surface area contributed by atoms with E-state index < -0.39 is 6.04 Å². The summed E-state index contributed by atoms with van der Waals surface area (Å²) in [6.07, 6.45) is 3.68. The zero-order valence-corrected chi connectivity index (χ0v) is 17.7. The maximum atomic E-state index is 13.1. The first kappa shape index (κ1) is 22.2. The summed E-state index contributed by atoms with van der Waals surface area (Å²) in [4.78, 5) is 25.4. The Morgan fingerprint density at radius 1 is 1.21 bits per heavy atom. The number of nitrogens with one attached hydrogen (secondary N) is 2. The molecule has 2 amide bonds. The Morgan fingerprint density at radius 2 is 1.93 bits per heavy atom. The molecule has 1 aliphatic carbocycles. The summed E-state index contributed by atoms with van der Waals surface area (Å²) in [5.74, 6) is 1.70. The second-order valence-electron chi connectivity index (χ2n) is 8.34. The Hall–Kier alpha value is -2.08. The predicted octanol–water partition coefficient (Wildman–Crippen LogP) is 4.02. The fourth-order valence-electron chi connectivity index (χ4n) is 4.00. The second kappa shape index (κ2) is 9.92. The summed E-state index contributed by atoms with van der Waals surface area (Å²) in [5, 5.41) is 5.88. The molecule has 0 radical (unpaired) electrons. The van der Waals surface area contributed by atoms with Gasteiger partial charge in [0, 0.05) is 12.0 Å². The number of amides is 2. The van der Waals surface area contributed by atoms with Crippen molar-refractivity contribution in [3.8, 4) is 5.75 Å². The van der Waals surface area contributed by atoms with Gasteiger partial charge in [-0.1, -0.05) is 34.1 Å². The van der Waals surface area contributed by atoms with Gasteiger partial charge >= 0.3 is 0 Å². The first-order valence-corrected chi connectivity index (χ1v) is 10.3. The molecule has 0 spiro atoms. The minimum absolute atomic E-state index is 0.0192. The van der Waals surface area contributed by atoms with E-state index in [2.05, 4.69) is 31.4 Å². The average molecular weight is 390 g/mol. The monoisotopic (exact) mass is 389 g/mol. The van der Waals surface area contributed by atoms with Crippen LogP contribution in [0.5, 0.6) is 5.75 Å². The van der Waals surface area contributed by atoms with Crippen LogP contribution in [-0.4, -0.2) is 25.0 Å². The van der Waals surface area contributed by atoms with E-state index in [1.54, 1.807) is 25.3 Å². The van der Waals surface area contributed by atoms with Crippen molar-refractivity contribution in [1.29, 1.82) is 0 Å². The van der Waals surface area contributed by atoms with Crippen LogP contribution in [0.25, 0.3) is 0 Å². The van der Waals surface area contributed by atoms with Gasteiger partial charge in [-0.25, -0.2) is 0 Å². The molecule has 0 saturated heterocycles. The van der Waals surface area contributed by atoms with Gasteiger partial charge in [-0.05, 0) is 49.1 Å². The standard InChI is InChI=1S/C22H35N3O3/c1-6-18(23)22(27)25-20-12-15(28-5)8-10-19(20)24-21(26)17-11-14(4)7-9-16(17)13(2)3/h8,10,12-14,16-18H,6-7,9,11,23H2,1-5H3,(H,24,26)(H,25,27)/t14-,16+,17-,18-/m1/s1. The maximum Gasteiger partial charge on any atom is 0.241 e. The number of anilines is 2. The Kier molecular flexibility index (Phi) is 7.87. The molecule has 6 heteroatoms. The highest BCUT2D eigenvalue weighted by atomic mass is 16.5. The van der Waals surface area contributed by atoms with Gasteiger partial charge in [0.25, 0.3) is 0 Å². The van der Waals surface area contributed by atoms with Crippen molar-refractivity contribution in [2.24, 2.45) is 29.4 Å². The lowest BCUT2D eigenvalue weighted by molar-refractivity contribution is -0.124. The van der Waals surface area contributed by atoms with Crippen LogP contribution >= 0.6 is 0 Å². The lowest BCUT2D eigenvalue weighted by atomic mass is 9.70. The number of carbonyl (C=O) groups excluding carboxylic acids is 2. The zero-order chi connectivity index (χ0) is 20.8. The number of rotatable bonds is 7. The molecule has 4 N–H and O–H groups in total. The van der Waals surface area contributed by atoms with Gasteiger partial charge in [-0.3, -0.25) is 9.59 Å². The summed E-state index contributed by atoms with van der Waals surface area (Å²) in [5.41, 5.74) is 6.92. The quantitative estimate of drug-likeness (QED) is 0.656. The molecule has 28 heavy (non-hydrogen) atoms. The fourth-order valence-corrected chi connectivity index (χ4v) is 4.00. The van der Waals surface area contributed by atoms with Crippen LogP contribution in [0.15, 0.2) is 18.2 Å². The molecular weight excluding hydrogens is 354 g/mol. The molecule has 0 unspecified atom stereocenters. The van der Waals surface area contributed by atoms with Crippen molar-refractivity contribution < 1.29 is 14.3 Å². The van der Waals surface area contributed by atoms with Crippen molar-refractivity contribution in [3.63, 3.8) is 0 Å². The highest BCUT2D eigenvalue weighted by molar-refractivity contribution is 6.02. The molecule has 4 atom stereocenters. The number of hydrogen-bond donors (Lipinski definition) is 3. The zero-order valence-electron chi connectivity index (χ0n) is 17.7. The number of methoxy groups -OCH3 is 1. The molecule has 1 fully saturated rings. The van der Waals surface area contributed by atoms with E-state index in [0.29, 0.717) is 41.3 Å². The molecule has 1 aromatic rings. The van der Waals surface area contributed by atoms with Crippen LogP contribution in [-0.2, 0) is 9.59 Å². The lowest BCUT2D eigenvalue weighted by Crippen LogP contribution is -2.37. The van der Waals surface area contributed by atoms with Crippen molar-refractivity contribution in [2.75, 3.05) is 17.7 Å². The Morgan fingerprint density at radius 3 is 2.54 bits per heavy atom. The minimum atomic E-state index is -0.598. The summed E-state index contributed by atoms with van der Waals surface area (Å²) < 4.78 is 5.27. The predicted molar refractivity (Wildman–Crippen MR) is 113 cm³/mol. The molecule has 0 bridgehead atoms. The largest absolute Gasteiger partial charge is 0.497 e. The van der Waals surface area contributed by atoms with Crippen molar-refractivity contribution in [1.82, 2.24) is 0 Å². The summed E-state index contributed by atoms with van der Waals surface area (Å²) >= 11 is 0. The van der Waals surface area contributed by atoms with Gasteiger partial charge < -0.3 is 21.1 Å². The Balaban J connectivity index is 2.23. The van der Waals surface area contributed by atoms with Crippen LogP contribution in [0, 0.1) is 23.7 Å². The van der Waals surface area contributed by atoms with Crippen LogP contribution in [0.4, 0.5) is 11.4 Å². The Bertz CT molecular complexity index is 690. The lowest BCUT2D eigenvalue weighted by Gasteiger charge is -2.36. The van der Waals surface area contributed by atoms with E-state index in [9.17, 15) is 9.59 Å². The van der Waals surface area contributed by atoms with Crippen molar-refractivity contribution in [3.05, 3.63) is 18.2 Å². The Labute approximate surface area is 168 Å². The van der Waals surface area contributed by atoms with Crippen molar-refractivity contribution in [2.45, 2.75) is 59.4 Å². The van der Waals surface area contributed by atoms with E-state index in [1.807, 2.05) is 6.92 Å². The molecule has 1 aliphatic rings. The minimum Gasteiger partial charge on any atom is -0.497 e. The fraction of sp³-hybridized carbons (Fsp3) is 0.636. The van der Waals surface area contributed by atoms with Crippen LogP contribution in [0.3, 0.4) is 0 Å². The van der Waals surface area contributed by atoms with E-state index in [4.69, 9.17) is 10.5 Å². The molecule has 2 rings (SSSR count). The van der Waals surface area contributed by atoms with Gasteiger partial charge in [0.15, 0.2) is 0 Å². The summed E-state index contributed by atoms with van der Waals surface area (Å²) in [6.45, 7) is 8.44. The molecule has 0 heterocycles. The van der Waals surface area contributed by atoms with Gasteiger partial charge in [0.2, 0.25) is 11.8 Å². The van der Waals surface area contributed by atoms with Crippen LogP contribution in [0.2, 0.25) is 0 Å². The van der Waals surface area contributed by atoms with E-state index in [1.165, 1.54) is 6.42 Å². The number of hydrogen-bond acceptors (Lipinski definition) is 4. The molecule has 1 saturated carbocycles. The molecule has 0 aromatic heterocycles. The molecule has 0 aliphatic heterocycles. The van der Waals surface area contributed by atoms with Crippen LogP contribution < -0.4 is 21.1 Å².